The summed E-state index contributed by atoms with van der Waals surface area (Å²) in [7, 11) is 2.23. The van der Waals surface area contributed by atoms with Gasteiger partial charge in [-0.2, -0.15) is 8.78 Å². The van der Waals surface area contributed by atoms with Gasteiger partial charge in [0.25, 0.3) is 5.91 Å². The first-order valence-corrected chi connectivity index (χ1v) is 9.43. The van der Waals surface area contributed by atoms with Crippen molar-refractivity contribution in [3.8, 4) is 5.75 Å². The Kier molecular flexibility index (Phi) is 7.37. The largest absolute Gasteiger partial charge is 0.479 e. The molecule has 3 rings (SSSR count). The van der Waals surface area contributed by atoms with Crippen molar-refractivity contribution in [2.45, 2.75) is 6.61 Å². The molecule has 1 aromatic heterocycles. The van der Waals surface area contributed by atoms with Gasteiger partial charge in [0.2, 0.25) is 29.1 Å². The molecule has 1 heterocycles. The van der Waals surface area contributed by atoms with Crippen LogP contribution in [-0.4, -0.2) is 32.1 Å². The normalized spacial score (nSPS) is 10.6. The molecule has 0 aliphatic rings. The first-order chi connectivity index (χ1) is 16.6. The summed E-state index contributed by atoms with van der Waals surface area (Å²) in [6, 6.07) is 5.91. The van der Waals surface area contributed by atoms with E-state index in [0.717, 1.165) is 26.4 Å². The predicted molar refractivity (Wildman–Crippen MR) is 106 cm³/mol. The average Bonchev–Trinajstić information content (AvgIpc) is 3.34. The highest BCUT2D eigenvalue weighted by molar-refractivity contribution is 6.04. The van der Waals surface area contributed by atoms with E-state index < -0.39 is 59.3 Å². The number of halogens is 5. The van der Waals surface area contributed by atoms with Gasteiger partial charge >= 0.3 is 11.9 Å². The molecule has 0 saturated carbocycles. The molecule has 0 fully saturated rings. The lowest BCUT2D eigenvalue weighted by molar-refractivity contribution is 0.0598. The number of esters is 2. The van der Waals surface area contributed by atoms with E-state index in [2.05, 4.69) is 19.5 Å². The van der Waals surface area contributed by atoms with Crippen LogP contribution >= 0.6 is 0 Å². The van der Waals surface area contributed by atoms with Crippen molar-refractivity contribution >= 4 is 23.5 Å². The Bertz CT molecular complexity index is 1260. The van der Waals surface area contributed by atoms with Crippen molar-refractivity contribution in [3.05, 3.63) is 82.1 Å². The van der Waals surface area contributed by atoms with E-state index in [-0.39, 0.29) is 28.3 Å². The zero-order valence-corrected chi connectivity index (χ0v) is 17.8. The molecule has 1 N–H and O–H groups in total. The van der Waals surface area contributed by atoms with Gasteiger partial charge in [-0.15, -0.1) is 0 Å². The molecule has 0 atom stereocenters. The molecule has 8 nitrogen and oxygen atoms in total. The number of hydrogen-bond acceptors (Lipinski definition) is 7. The summed E-state index contributed by atoms with van der Waals surface area (Å²) in [6.07, 6.45) is 0. The third-order valence-electron chi connectivity index (χ3n) is 4.45. The van der Waals surface area contributed by atoms with Crippen LogP contribution in [-0.2, 0) is 16.1 Å². The van der Waals surface area contributed by atoms with Gasteiger partial charge in [0.15, 0.2) is 11.5 Å². The number of furan rings is 1. The van der Waals surface area contributed by atoms with E-state index in [1.807, 2.05) is 0 Å². The van der Waals surface area contributed by atoms with Crippen molar-refractivity contribution in [3.63, 3.8) is 0 Å². The number of methoxy groups -OCH3 is 2. The minimum absolute atomic E-state index is 0.00564. The minimum atomic E-state index is -2.34. The molecule has 0 radical (unpaired) electrons. The van der Waals surface area contributed by atoms with Gasteiger partial charge in [0, 0.05) is 5.69 Å². The Morgan fingerprint density at radius 3 is 1.83 bits per heavy atom. The number of carbonyl (C=O) groups is 3. The van der Waals surface area contributed by atoms with Crippen LogP contribution in [0.2, 0.25) is 0 Å². The molecule has 0 aliphatic heterocycles. The minimum Gasteiger partial charge on any atom is -0.479 e. The number of ether oxygens (including phenoxy) is 3. The van der Waals surface area contributed by atoms with Gasteiger partial charge < -0.3 is 23.9 Å². The highest BCUT2D eigenvalue weighted by Crippen LogP contribution is 2.30. The number of anilines is 1. The van der Waals surface area contributed by atoms with E-state index in [4.69, 9.17) is 4.42 Å². The van der Waals surface area contributed by atoms with E-state index in [9.17, 15) is 36.3 Å². The number of carbonyl (C=O) groups excluding carboxylic acids is 3. The molecule has 35 heavy (non-hydrogen) atoms. The molecule has 2 aromatic carbocycles. The second kappa shape index (κ2) is 10.2. The van der Waals surface area contributed by atoms with E-state index in [0.29, 0.717) is 0 Å². The number of hydrogen-bond donors (Lipinski definition) is 1. The molecular weight excluding hydrogens is 485 g/mol. The SMILES string of the molecule is COC(=O)c1cc(NC(=O)c2ccc(COc3c(F)c(F)c(F)c(F)c3F)o2)cc(C(=O)OC)c1. The Morgan fingerprint density at radius 2 is 1.31 bits per heavy atom. The Balaban J connectivity index is 1.77. The fourth-order valence-electron chi connectivity index (χ4n) is 2.80. The molecule has 184 valence electrons. The molecule has 13 heteroatoms. The summed E-state index contributed by atoms with van der Waals surface area (Å²) >= 11 is 0. The summed E-state index contributed by atoms with van der Waals surface area (Å²) in [5.41, 5.74) is -0.141. The summed E-state index contributed by atoms with van der Waals surface area (Å²) in [5, 5.41) is 2.37. The Hall–Kier alpha value is -4.42. The van der Waals surface area contributed by atoms with Crippen LogP contribution in [0.5, 0.6) is 5.75 Å². The lowest BCUT2D eigenvalue weighted by Crippen LogP contribution is -2.13. The van der Waals surface area contributed by atoms with Crippen LogP contribution < -0.4 is 10.1 Å². The molecule has 0 aliphatic carbocycles. The maximum absolute atomic E-state index is 13.7. The zero-order chi connectivity index (χ0) is 25.9. The molecule has 3 aromatic rings. The van der Waals surface area contributed by atoms with Crippen LogP contribution in [0.25, 0.3) is 0 Å². The highest BCUT2D eigenvalue weighted by Gasteiger charge is 2.27. The lowest BCUT2D eigenvalue weighted by atomic mass is 10.1. The van der Waals surface area contributed by atoms with E-state index >= 15 is 0 Å². The van der Waals surface area contributed by atoms with Crippen molar-refractivity contribution in [2.75, 3.05) is 19.5 Å². The zero-order valence-electron chi connectivity index (χ0n) is 17.8. The van der Waals surface area contributed by atoms with Gasteiger partial charge in [0.05, 0.1) is 25.3 Å². The van der Waals surface area contributed by atoms with Crippen molar-refractivity contribution in [1.29, 1.82) is 0 Å². The second-order valence-electron chi connectivity index (χ2n) is 6.69. The third-order valence-corrected chi connectivity index (χ3v) is 4.45. The van der Waals surface area contributed by atoms with Crippen LogP contribution in [0.1, 0.15) is 37.0 Å². The maximum atomic E-state index is 13.7. The topological polar surface area (TPSA) is 104 Å². The number of benzene rings is 2. The lowest BCUT2D eigenvalue weighted by Gasteiger charge is -2.09. The second-order valence-corrected chi connectivity index (χ2v) is 6.69. The maximum Gasteiger partial charge on any atom is 0.337 e. The average molecular weight is 499 g/mol. The van der Waals surface area contributed by atoms with Crippen molar-refractivity contribution in [1.82, 2.24) is 0 Å². The first kappa shape index (κ1) is 25.2. The number of amides is 1. The van der Waals surface area contributed by atoms with Gasteiger partial charge in [-0.05, 0) is 30.3 Å². The molecule has 0 bridgehead atoms. The summed E-state index contributed by atoms with van der Waals surface area (Å²) in [6.45, 7) is -0.782. The first-order valence-electron chi connectivity index (χ1n) is 9.43. The van der Waals surface area contributed by atoms with Crippen LogP contribution in [0.4, 0.5) is 27.6 Å². The fourth-order valence-corrected chi connectivity index (χ4v) is 2.80. The quantitative estimate of drug-likeness (QED) is 0.223. The molecule has 0 spiro atoms. The van der Waals surface area contributed by atoms with E-state index in [1.165, 1.54) is 18.2 Å². The molecule has 0 unspecified atom stereocenters. The van der Waals surface area contributed by atoms with Gasteiger partial charge in [0.1, 0.15) is 12.4 Å². The van der Waals surface area contributed by atoms with Crippen molar-refractivity contribution in [2.24, 2.45) is 0 Å². The molecular formula is C22H14F5NO7. The smallest absolute Gasteiger partial charge is 0.337 e. The standard InChI is InChI=1S/C22H14F5NO7/c1-32-21(30)9-5-10(22(31)33-2)7-11(6-9)28-20(29)13-4-3-12(35-13)8-34-19-17(26)15(24)14(23)16(25)18(19)27/h3-7H,8H2,1-2H3,(H,28,29). The van der Waals surface area contributed by atoms with Crippen LogP contribution in [0.3, 0.4) is 0 Å². The predicted octanol–water partition coefficient (Wildman–Crippen LogP) is 4.38. The van der Waals surface area contributed by atoms with Gasteiger partial charge in [-0.3, -0.25) is 4.79 Å². The Morgan fingerprint density at radius 1 is 0.800 bits per heavy atom. The van der Waals surface area contributed by atoms with Gasteiger partial charge in [-0.25, -0.2) is 22.8 Å². The Labute approximate surface area is 193 Å². The van der Waals surface area contributed by atoms with Crippen LogP contribution in [0.15, 0.2) is 34.7 Å². The summed E-state index contributed by atoms with van der Waals surface area (Å²) in [5.74, 6) is -15.6. The summed E-state index contributed by atoms with van der Waals surface area (Å²) in [4.78, 5) is 36.2. The molecule has 0 saturated heterocycles. The van der Waals surface area contributed by atoms with Gasteiger partial charge in [-0.1, -0.05) is 0 Å². The monoisotopic (exact) mass is 499 g/mol. The fraction of sp³-hybridized carbons (Fsp3) is 0.136. The third kappa shape index (κ3) is 5.23. The highest BCUT2D eigenvalue weighted by atomic mass is 19.2. The molecule has 1 amide bonds. The van der Waals surface area contributed by atoms with Crippen LogP contribution in [0, 0.1) is 29.1 Å². The number of nitrogens with one attached hydrogen (secondary N) is 1. The van der Waals surface area contributed by atoms with E-state index in [1.54, 1.807) is 0 Å². The number of rotatable bonds is 7. The van der Waals surface area contributed by atoms with Crippen molar-refractivity contribution < 1.29 is 55.0 Å². The summed E-state index contributed by atoms with van der Waals surface area (Å²) < 4.78 is 86.1.